The molecular weight excluding hydrogens is 392 g/mol. The number of carbonyl (C=O) groups is 2. The number of ether oxygens (including phenoxy) is 1. The molecule has 0 saturated carbocycles. The first-order valence-corrected chi connectivity index (χ1v) is 11.4. The van der Waals surface area contributed by atoms with Gasteiger partial charge in [0.2, 0.25) is 5.91 Å². The van der Waals surface area contributed by atoms with Gasteiger partial charge in [0, 0.05) is 72.6 Å². The molecule has 0 radical (unpaired) electrons. The number of urea groups is 1. The smallest absolute Gasteiger partial charge is 0.319 e. The zero-order chi connectivity index (χ0) is 22.4. The van der Waals surface area contributed by atoms with Crippen LogP contribution in [-0.2, 0) is 16.0 Å². The topological polar surface area (TPSA) is 56.3 Å². The van der Waals surface area contributed by atoms with Gasteiger partial charge in [0.1, 0.15) is 0 Å². The molecule has 7 nitrogen and oxygen atoms in total. The average molecular weight is 431 g/mol. The van der Waals surface area contributed by atoms with Gasteiger partial charge in [-0.05, 0) is 31.7 Å². The molecule has 1 atom stereocenters. The van der Waals surface area contributed by atoms with Gasteiger partial charge in [0.25, 0.3) is 0 Å². The molecule has 2 saturated heterocycles. The summed E-state index contributed by atoms with van der Waals surface area (Å²) in [4.78, 5) is 33.1. The van der Waals surface area contributed by atoms with Crippen LogP contribution in [0, 0.1) is 6.92 Å². The summed E-state index contributed by atoms with van der Waals surface area (Å²) >= 11 is 0. The third-order valence-corrected chi connectivity index (χ3v) is 6.54. The lowest BCUT2D eigenvalue weighted by Crippen LogP contribution is -2.50. The summed E-state index contributed by atoms with van der Waals surface area (Å²) in [5, 5.41) is 0. The van der Waals surface area contributed by atoms with Gasteiger partial charge in [-0.25, -0.2) is 4.79 Å². The number of likely N-dealkylation sites (tertiary alicyclic amines) is 1. The van der Waals surface area contributed by atoms with Crippen LogP contribution in [0.4, 0.5) is 4.79 Å². The molecule has 3 amide bonds. The molecule has 2 aliphatic heterocycles. The Morgan fingerprint density at radius 1 is 1.00 bits per heavy atom. The van der Waals surface area contributed by atoms with Crippen molar-refractivity contribution < 1.29 is 14.3 Å². The predicted molar refractivity (Wildman–Crippen MR) is 122 cm³/mol. The van der Waals surface area contributed by atoms with Crippen molar-refractivity contribution in [2.24, 2.45) is 0 Å². The maximum Gasteiger partial charge on any atom is 0.319 e. The maximum absolute atomic E-state index is 12.8. The summed E-state index contributed by atoms with van der Waals surface area (Å²) in [5.41, 5.74) is 2.26. The molecule has 1 unspecified atom stereocenters. The Balaban J connectivity index is 1.58. The molecule has 0 aromatic heterocycles. The van der Waals surface area contributed by atoms with Crippen molar-refractivity contribution in [1.82, 2.24) is 19.6 Å². The minimum absolute atomic E-state index is 0.0832. The monoisotopic (exact) mass is 430 g/mol. The highest BCUT2D eigenvalue weighted by molar-refractivity contribution is 5.78. The summed E-state index contributed by atoms with van der Waals surface area (Å²) in [6.07, 6.45) is 3.44. The third kappa shape index (κ3) is 6.43. The maximum atomic E-state index is 12.8. The van der Waals surface area contributed by atoms with E-state index in [1.807, 2.05) is 29.0 Å². The Kier molecular flexibility index (Phi) is 8.32. The van der Waals surface area contributed by atoms with E-state index in [9.17, 15) is 9.59 Å². The first kappa shape index (κ1) is 23.5. The van der Waals surface area contributed by atoms with Crippen LogP contribution in [-0.4, -0.2) is 104 Å². The van der Waals surface area contributed by atoms with Gasteiger partial charge in [0.15, 0.2) is 0 Å². The first-order chi connectivity index (χ1) is 14.8. The lowest BCUT2D eigenvalue weighted by atomic mass is 10.0. The normalized spacial score (nSPS) is 19.6. The molecule has 31 heavy (non-hydrogen) atoms. The molecule has 0 N–H and O–H groups in total. The molecule has 1 aromatic carbocycles. The second-order valence-electron chi connectivity index (χ2n) is 9.12. The third-order valence-electron chi connectivity index (χ3n) is 6.54. The summed E-state index contributed by atoms with van der Waals surface area (Å²) in [6.45, 7) is 6.71. The molecule has 0 bridgehead atoms. The van der Waals surface area contributed by atoms with Crippen LogP contribution in [0.1, 0.15) is 30.4 Å². The second-order valence-corrected chi connectivity index (χ2v) is 9.12. The van der Waals surface area contributed by atoms with E-state index in [4.69, 9.17) is 4.74 Å². The fraction of sp³-hybridized carbons (Fsp3) is 0.667. The van der Waals surface area contributed by atoms with Gasteiger partial charge in [-0.1, -0.05) is 29.8 Å². The lowest BCUT2D eigenvalue weighted by Gasteiger charge is -2.39. The van der Waals surface area contributed by atoms with Crippen molar-refractivity contribution in [3.63, 3.8) is 0 Å². The molecule has 0 aliphatic carbocycles. The van der Waals surface area contributed by atoms with E-state index in [2.05, 4.69) is 24.0 Å². The number of likely N-dealkylation sites (N-methyl/N-ethyl adjacent to an activating group) is 1. The van der Waals surface area contributed by atoms with Crippen LogP contribution in [0.2, 0.25) is 0 Å². The number of hydrogen-bond acceptors (Lipinski definition) is 4. The van der Waals surface area contributed by atoms with E-state index in [0.29, 0.717) is 25.0 Å². The minimum atomic E-state index is 0.0832. The number of amides is 3. The molecule has 3 rings (SSSR count). The largest absolute Gasteiger partial charge is 0.381 e. The van der Waals surface area contributed by atoms with Gasteiger partial charge in [-0.15, -0.1) is 0 Å². The van der Waals surface area contributed by atoms with Gasteiger partial charge in [0.05, 0.1) is 6.42 Å². The van der Waals surface area contributed by atoms with Crippen LogP contribution in [0.5, 0.6) is 0 Å². The van der Waals surface area contributed by atoms with E-state index in [1.54, 1.807) is 19.0 Å². The van der Waals surface area contributed by atoms with Crippen LogP contribution in [0.25, 0.3) is 0 Å². The Bertz CT molecular complexity index is 731. The summed E-state index contributed by atoms with van der Waals surface area (Å²) in [6, 6.07) is 9.04. The highest BCUT2D eigenvalue weighted by atomic mass is 16.5. The molecule has 2 aliphatic rings. The van der Waals surface area contributed by atoms with Crippen LogP contribution >= 0.6 is 0 Å². The van der Waals surface area contributed by atoms with Gasteiger partial charge in [-0.2, -0.15) is 0 Å². The van der Waals surface area contributed by atoms with Gasteiger partial charge >= 0.3 is 6.03 Å². The van der Waals surface area contributed by atoms with E-state index in [-0.39, 0.29) is 11.9 Å². The quantitative estimate of drug-likeness (QED) is 0.666. The molecule has 0 spiro atoms. The highest BCUT2D eigenvalue weighted by Crippen LogP contribution is 2.23. The summed E-state index contributed by atoms with van der Waals surface area (Å²) < 4.78 is 5.58. The summed E-state index contributed by atoms with van der Waals surface area (Å²) in [7, 11) is 5.51. The van der Waals surface area contributed by atoms with Crippen molar-refractivity contribution in [3.8, 4) is 0 Å². The van der Waals surface area contributed by atoms with Crippen LogP contribution in [0.15, 0.2) is 24.3 Å². The Labute approximate surface area is 186 Å². The predicted octanol–water partition coefficient (Wildman–Crippen LogP) is 2.23. The number of aryl methyl sites for hydroxylation is 1. The van der Waals surface area contributed by atoms with E-state index in [1.165, 1.54) is 5.56 Å². The van der Waals surface area contributed by atoms with E-state index < -0.39 is 0 Å². The molecule has 2 heterocycles. The van der Waals surface area contributed by atoms with Gasteiger partial charge in [-0.3, -0.25) is 9.69 Å². The second kappa shape index (κ2) is 11.0. The number of hydrogen-bond donors (Lipinski definition) is 0. The average Bonchev–Trinajstić information content (AvgIpc) is 3.25. The minimum Gasteiger partial charge on any atom is -0.381 e. The highest BCUT2D eigenvalue weighted by Gasteiger charge is 2.35. The fourth-order valence-corrected chi connectivity index (χ4v) is 4.55. The molecular formula is C24H38N4O3. The van der Waals surface area contributed by atoms with Crippen molar-refractivity contribution in [3.05, 3.63) is 35.4 Å². The zero-order valence-corrected chi connectivity index (χ0v) is 19.5. The number of nitrogens with zero attached hydrogens (tertiary/aromatic N) is 4. The van der Waals surface area contributed by atoms with Crippen LogP contribution in [0.3, 0.4) is 0 Å². The SMILES string of the molecule is Cc1ccc(CC(=O)N(C)CCN(C2CCOCC2)C2CCN(C(=O)N(C)C)C2)cc1. The van der Waals surface area contributed by atoms with Crippen molar-refractivity contribution >= 4 is 11.9 Å². The summed E-state index contributed by atoms with van der Waals surface area (Å²) in [5.74, 6) is 0.145. The lowest BCUT2D eigenvalue weighted by molar-refractivity contribution is -0.129. The number of rotatable bonds is 7. The van der Waals surface area contributed by atoms with Crippen LogP contribution < -0.4 is 0 Å². The molecule has 7 heteroatoms. The van der Waals surface area contributed by atoms with E-state index in [0.717, 1.165) is 57.7 Å². The zero-order valence-electron chi connectivity index (χ0n) is 19.5. The number of benzene rings is 1. The van der Waals surface area contributed by atoms with E-state index >= 15 is 0 Å². The van der Waals surface area contributed by atoms with Crippen molar-refractivity contribution in [2.75, 3.05) is 60.5 Å². The van der Waals surface area contributed by atoms with Crippen molar-refractivity contribution in [1.29, 1.82) is 0 Å². The van der Waals surface area contributed by atoms with Gasteiger partial charge < -0.3 is 19.4 Å². The molecule has 2 fully saturated rings. The molecule has 172 valence electrons. The van der Waals surface area contributed by atoms with Crippen molar-refractivity contribution in [2.45, 2.75) is 44.7 Å². The fourth-order valence-electron chi connectivity index (χ4n) is 4.55. The standard InChI is InChI=1S/C24H38N4O3/c1-19-5-7-20(8-6-19)17-23(29)26(4)13-14-28(21-10-15-31-16-11-21)22-9-12-27(18-22)24(30)25(2)3/h5-8,21-22H,9-18H2,1-4H3. The first-order valence-electron chi connectivity index (χ1n) is 11.4. The molecule has 1 aromatic rings. The number of carbonyl (C=O) groups excluding carboxylic acids is 2. The Hall–Kier alpha value is -2.12. The Morgan fingerprint density at radius 3 is 2.32 bits per heavy atom. The Morgan fingerprint density at radius 2 is 1.68 bits per heavy atom.